The third-order valence-corrected chi connectivity index (χ3v) is 8.86. The minimum Gasteiger partial charge on any atom is -0.493 e. The molecule has 0 bridgehead atoms. The molecule has 3 rings (SSSR count). The number of nitrogens with one attached hydrogen (secondary N) is 3. The molecule has 0 aliphatic heterocycles. The predicted octanol–water partition coefficient (Wildman–Crippen LogP) is 5.66. The first-order chi connectivity index (χ1) is 23.5. The van der Waals surface area contributed by atoms with Gasteiger partial charge in [0.05, 0.1) is 35.2 Å². The molecule has 278 valence electrons. The highest BCUT2D eigenvalue weighted by Gasteiger charge is 2.38. The van der Waals surface area contributed by atoms with Crippen molar-refractivity contribution in [2.45, 2.75) is 78.4 Å². The van der Waals surface area contributed by atoms with E-state index in [0.717, 1.165) is 41.5 Å². The Bertz CT molecular complexity index is 1990. The van der Waals surface area contributed by atoms with Crippen LogP contribution < -0.4 is 29.6 Å². The van der Waals surface area contributed by atoms with Gasteiger partial charge in [-0.25, -0.2) is 16.8 Å². The Morgan fingerprint density at radius 3 is 2.00 bits per heavy atom. The number of hydrogen-bond acceptors (Lipinski definition) is 10. The van der Waals surface area contributed by atoms with Crippen molar-refractivity contribution in [2.24, 2.45) is 5.41 Å². The Morgan fingerprint density at radius 1 is 0.784 bits per heavy atom. The number of amides is 2. The Labute approximate surface area is 300 Å². The summed E-state index contributed by atoms with van der Waals surface area (Å²) in [6, 6.07) is 13.9. The van der Waals surface area contributed by atoms with Crippen LogP contribution in [0.1, 0.15) is 58.6 Å². The van der Waals surface area contributed by atoms with Crippen LogP contribution in [0.25, 0.3) is 0 Å². The lowest BCUT2D eigenvalue weighted by Crippen LogP contribution is -2.45. The number of sulfone groups is 1. The van der Waals surface area contributed by atoms with Gasteiger partial charge in [-0.1, -0.05) is 38.5 Å². The van der Waals surface area contributed by atoms with E-state index in [1.807, 2.05) is 32.0 Å². The van der Waals surface area contributed by atoms with Crippen LogP contribution in [0.3, 0.4) is 0 Å². The first-order valence-corrected chi connectivity index (χ1v) is 20.0. The van der Waals surface area contributed by atoms with Crippen molar-refractivity contribution in [3.05, 3.63) is 65.7 Å². The minimum absolute atomic E-state index is 0.127. The molecule has 3 aromatic rings. The van der Waals surface area contributed by atoms with Crippen LogP contribution in [0.4, 0.5) is 17.1 Å². The van der Waals surface area contributed by atoms with E-state index in [-0.39, 0.29) is 46.2 Å². The number of benzene rings is 3. The number of aryl methyl sites for hydroxylation is 2. The second-order valence-corrected chi connectivity index (χ2v) is 17.3. The van der Waals surface area contributed by atoms with Gasteiger partial charge in [-0.15, -0.1) is 0 Å². The first kappa shape index (κ1) is 40.8. The predicted molar refractivity (Wildman–Crippen MR) is 197 cm³/mol. The van der Waals surface area contributed by atoms with Crippen LogP contribution in [0.5, 0.6) is 17.2 Å². The molecule has 1 atom stereocenters. The quantitative estimate of drug-likeness (QED) is 0.122. The van der Waals surface area contributed by atoms with Gasteiger partial charge in [-0.3, -0.25) is 19.1 Å². The Kier molecular flexibility index (Phi) is 13.3. The molecule has 13 nitrogen and oxygen atoms in total. The molecule has 3 N–H and O–H groups in total. The zero-order chi connectivity index (χ0) is 38.3. The molecule has 3 aromatic carbocycles. The van der Waals surface area contributed by atoms with Gasteiger partial charge >= 0.3 is 0 Å². The SMILES string of the molecule is Cc1ccc(OCCCC(=O)Nc2ccc(OC(C)C)c(NC(=O)C(Oc3ccc(S(C)(=O)=O)cc3NS(C)(=O)=O)C(=O)C(C)(C)C)c2)c(C)c1. The lowest BCUT2D eigenvalue weighted by molar-refractivity contribution is -0.140. The third-order valence-electron chi connectivity index (χ3n) is 7.15. The van der Waals surface area contributed by atoms with Gasteiger partial charge in [-0.05, 0) is 82.1 Å². The lowest BCUT2D eigenvalue weighted by atomic mass is 9.87. The van der Waals surface area contributed by atoms with Crippen molar-refractivity contribution in [3.8, 4) is 17.2 Å². The summed E-state index contributed by atoms with van der Waals surface area (Å²) in [6.45, 7) is 12.6. The van der Waals surface area contributed by atoms with Gasteiger partial charge in [0, 0.05) is 23.8 Å². The van der Waals surface area contributed by atoms with Crippen molar-refractivity contribution in [1.29, 1.82) is 0 Å². The zero-order valence-corrected chi connectivity index (χ0v) is 32.0. The number of anilines is 3. The number of ether oxygens (including phenoxy) is 3. The Hall–Kier alpha value is -4.63. The molecule has 0 saturated carbocycles. The molecule has 51 heavy (non-hydrogen) atoms. The highest BCUT2D eigenvalue weighted by molar-refractivity contribution is 7.92. The standard InChI is InChI=1S/C36H47N3O10S2/c1-22(2)48-30-16-13-25(37-32(40)11-10-18-47-29-15-12-23(3)19-24(29)4)20-27(30)38-35(42)33(34(41)36(5,6)7)49-31-17-14-26(50(8,43)44)21-28(31)39-51(9,45)46/h12-17,19-22,33,39H,10-11,18H2,1-9H3,(H,37,40)(H,38,42). The average molecular weight is 746 g/mol. The van der Waals surface area contributed by atoms with Crippen molar-refractivity contribution >= 4 is 54.5 Å². The number of carbonyl (C=O) groups excluding carboxylic acids is 3. The van der Waals surface area contributed by atoms with E-state index in [4.69, 9.17) is 14.2 Å². The number of carbonyl (C=O) groups is 3. The molecular weight excluding hydrogens is 699 g/mol. The molecule has 0 heterocycles. The first-order valence-electron chi connectivity index (χ1n) is 16.2. The summed E-state index contributed by atoms with van der Waals surface area (Å²) in [5.41, 5.74) is 1.21. The van der Waals surface area contributed by atoms with Crippen molar-refractivity contribution < 1.29 is 45.4 Å². The summed E-state index contributed by atoms with van der Waals surface area (Å²) in [5.74, 6) is -1.13. The molecule has 0 fully saturated rings. The van der Waals surface area contributed by atoms with Crippen molar-refractivity contribution in [1.82, 2.24) is 0 Å². The van der Waals surface area contributed by atoms with Gasteiger partial charge in [0.1, 0.15) is 17.2 Å². The molecular formula is C36H47N3O10S2. The molecule has 15 heteroatoms. The highest BCUT2D eigenvalue weighted by Crippen LogP contribution is 2.33. The van der Waals surface area contributed by atoms with E-state index in [2.05, 4.69) is 15.4 Å². The van der Waals surface area contributed by atoms with Gasteiger partial charge in [0.25, 0.3) is 5.91 Å². The fraction of sp³-hybridized carbons (Fsp3) is 0.417. The van der Waals surface area contributed by atoms with E-state index in [9.17, 15) is 31.2 Å². The fourth-order valence-electron chi connectivity index (χ4n) is 4.73. The fourth-order valence-corrected chi connectivity index (χ4v) is 5.93. The number of rotatable bonds is 16. The van der Waals surface area contributed by atoms with Gasteiger partial charge in [-0.2, -0.15) is 0 Å². The molecule has 1 unspecified atom stereocenters. The maximum atomic E-state index is 13.9. The number of sulfonamides is 1. The van der Waals surface area contributed by atoms with Crippen LogP contribution in [0, 0.1) is 19.3 Å². The molecule has 0 saturated heterocycles. The highest BCUT2D eigenvalue weighted by atomic mass is 32.2. The van der Waals surface area contributed by atoms with Crippen molar-refractivity contribution in [3.63, 3.8) is 0 Å². The molecule has 2 amide bonds. The number of ketones is 1. The van der Waals surface area contributed by atoms with Crippen LogP contribution in [-0.4, -0.2) is 65.8 Å². The second kappa shape index (κ2) is 16.6. The van der Waals surface area contributed by atoms with E-state index < -0.39 is 43.1 Å². The summed E-state index contributed by atoms with van der Waals surface area (Å²) in [5, 5.41) is 5.47. The molecule has 0 spiro atoms. The van der Waals surface area contributed by atoms with Crippen LogP contribution >= 0.6 is 0 Å². The second-order valence-electron chi connectivity index (χ2n) is 13.6. The maximum Gasteiger partial charge on any atom is 0.273 e. The van der Waals surface area contributed by atoms with Gasteiger partial charge in [0.2, 0.25) is 22.0 Å². The maximum absolute atomic E-state index is 13.9. The van der Waals surface area contributed by atoms with Crippen LogP contribution in [0.15, 0.2) is 59.5 Å². The topological polar surface area (TPSA) is 183 Å². The zero-order valence-electron chi connectivity index (χ0n) is 30.4. The van der Waals surface area contributed by atoms with Crippen molar-refractivity contribution in [2.75, 3.05) is 34.5 Å². The van der Waals surface area contributed by atoms with Gasteiger partial charge in [0.15, 0.2) is 15.6 Å². The largest absolute Gasteiger partial charge is 0.493 e. The molecule has 0 aromatic heterocycles. The van der Waals surface area contributed by atoms with Crippen LogP contribution in [-0.2, 0) is 34.2 Å². The summed E-state index contributed by atoms with van der Waals surface area (Å²) in [6.07, 6.45) is 0.288. The Morgan fingerprint density at radius 2 is 1.41 bits per heavy atom. The molecule has 0 aliphatic carbocycles. The van der Waals surface area contributed by atoms with E-state index >= 15 is 0 Å². The minimum atomic E-state index is -3.94. The Balaban J connectivity index is 1.87. The monoisotopic (exact) mass is 745 g/mol. The van der Waals surface area contributed by atoms with E-state index in [0.29, 0.717) is 18.7 Å². The summed E-state index contributed by atoms with van der Waals surface area (Å²) >= 11 is 0. The summed E-state index contributed by atoms with van der Waals surface area (Å²) < 4.78 is 68.5. The van der Waals surface area contributed by atoms with E-state index in [1.54, 1.807) is 46.8 Å². The molecule has 0 aliphatic rings. The number of Topliss-reactive ketones (excluding diaryl/α,β-unsaturated/α-hetero) is 1. The smallest absolute Gasteiger partial charge is 0.273 e. The number of hydrogen-bond donors (Lipinski definition) is 3. The normalized spacial score (nSPS) is 12.5. The average Bonchev–Trinajstić information content (AvgIpc) is 2.98. The lowest BCUT2D eigenvalue weighted by Gasteiger charge is -2.26. The molecule has 0 radical (unpaired) electrons. The van der Waals surface area contributed by atoms with Crippen LogP contribution in [0.2, 0.25) is 0 Å². The van der Waals surface area contributed by atoms with E-state index in [1.165, 1.54) is 12.1 Å². The van der Waals surface area contributed by atoms with Gasteiger partial charge < -0.3 is 24.8 Å². The third kappa shape index (κ3) is 12.6. The summed E-state index contributed by atoms with van der Waals surface area (Å²) in [4.78, 5) is 40.1. The summed E-state index contributed by atoms with van der Waals surface area (Å²) in [7, 11) is -7.70.